The smallest absolute Gasteiger partial charge is 0.246 e. The number of nitrogens with one attached hydrogen (secondary N) is 2. The number of para-hydroxylation sites is 1. The number of aromatic nitrogens is 1. The van der Waals surface area contributed by atoms with Crippen molar-refractivity contribution >= 4 is 21.6 Å². The van der Waals surface area contributed by atoms with Crippen LogP contribution in [0.15, 0.2) is 59.0 Å². The summed E-state index contributed by atoms with van der Waals surface area (Å²) >= 11 is 0. The van der Waals surface area contributed by atoms with E-state index in [1.54, 1.807) is 55.5 Å². The van der Waals surface area contributed by atoms with Crippen LogP contribution >= 0.6 is 0 Å². The van der Waals surface area contributed by atoms with E-state index >= 15 is 0 Å². The summed E-state index contributed by atoms with van der Waals surface area (Å²) in [5.41, 5.74) is 2.11. The number of benzene rings is 2. The van der Waals surface area contributed by atoms with Crippen LogP contribution < -0.4 is 10.0 Å². The van der Waals surface area contributed by atoms with E-state index in [0.29, 0.717) is 28.3 Å². The number of anilines is 1. The van der Waals surface area contributed by atoms with Crippen molar-refractivity contribution in [3.05, 3.63) is 71.6 Å². The van der Waals surface area contributed by atoms with Crippen molar-refractivity contribution in [1.29, 1.82) is 0 Å². The fourth-order valence-electron chi connectivity index (χ4n) is 2.83. The lowest BCUT2D eigenvalue weighted by molar-refractivity contribution is -0.124. The first-order valence-electron chi connectivity index (χ1n) is 9.23. The average Bonchev–Trinajstić information content (AvgIpc) is 3.07. The number of sulfonamides is 1. The molecule has 0 aliphatic carbocycles. The number of hydrogen-bond acceptors (Lipinski definition) is 6. The first-order valence-corrected chi connectivity index (χ1v) is 10.9. The third kappa shape index (κ3) is 5.68. The number of oxazole rings is 1. The molecule has 8 nitrogen and oxygen atoms in total. The molecule has 0 fully saturated rings. The number of amides is 1. The number of hydrogen-bond donors (Lipinski definition) is 2. The molecule has 0 atom stereocenters. The van der Waals surface area contributed by atoms with Crippen LogP contribution in [0.2, 0.25) is 0 Å². The van der Waals surface area contributed by atoms with E-state index in [-0.39, 0.29) is 30.7 Å². The van der Waals surface area contributed by atoms with Crippen molar-refractivity contribution in [2.24, 2.45) is 0 Å². The van der Waals surface area contributed by atoms with Gasteiger partial charge in [0.2, 0.25) is 21.8 Å². The molecular weight excluding hydrogens is 406 g/mol. The Balaban J connectivity index is 1.80. The topological polar surface area (TPSA) is 111 Å². The highest BCUT2D eigenvalue weighted by Gasteiger charge is 2.18. The van der Waals surface area contributed by atoms with Gasteiger partial charge >= 0.3 is 0 Å². The molecule has 0 saturated heterocycles. The fourth-order valence-corrected chi connectivity index (χ4v) is 4.04. The van der Waals surface area contributed by atoms with E-state index in [1.807, 2.05) is 6.07 Å². The van der Waals surface area contributed by atoms with Gasteiger partial charge in [-0.15, -0.1) is 0 Å². The molecule has 0 bridgehead atoms. The molecule has 2 N–H and O–H groups in total. The number of rotatable bonds is 9. The molecule has 158 valence electrons. The summed E-state index contributed by atoms with van der Waals surface area (Å²) in [6.45, 7) is 1.87. The zero-order valence-electron chi connectivity index (χ0n) is 16.7. The fraction of sp³-hybridized carbons (Fsp3) is 0.238. The second kappa shape index (κ2) is 9.55. The minimum atomic E-state index is -3.64. The lowest BCUT2D eigenvalue weighted by Crippen LogP contribution is -2.26. The summed E-state index contributed by atoms with van der Waals surface area (Å²) in [4.78, 5) is 16.0. The first-order chi connectivity index (χ1) is 14.4. The Labute approximate surface area is 175 Å². The molecule has 30 heavy (non-hydrogen) atoms. The van der Waals surface area contributed by atoms with Gasteiger partial charge in [0.25, 0.3) is 0 Å². The van der Waals surface area contributed by atoms with Gasteiger partial charge in [0.15, 0.2) is 0 Å². The quantitative estimate of drug-likeness (QED) is 0.541. The minimum Gasteiger partial charge on any atom is -0.441 e. The van der Waals surface area contributed by atoms with Gasteiger partial charge < -0.3 is 14.5 Å². The van der Waals surface area contributed by atoms with Crippen LogP contribution in [0, 0.1) is 6.92 Å². The van der Waals surface area contributed by atoms with Gasteiger partial charge in [0.1, 0.15) is 18.1 Å². The lowest BCUT2D eigenvalue weighted by Gasteiger charge is -2.11. The molecule has 3 rings (SSSR count). The molecule has 2 aromatic carbocycles. The zero-order valence-corrected chi connectivity index (χ0v) is 17.5. The predicted octanol–water partition coefficient (Wildman–Crippen LogP) is 2.85. The Morgan fingerprint density at radius 1 is 1.10 bits per heavy atom. The molecule has 0 aliphatic heterocycles. The van der Waals surface area contributed by atoms with E-state index in [4.69, 9.17) is 9.15 Å². The molecule has 0 spiro atoms. The van der Waals surface area contributed by atoms with Crippen LogP contribution in [0.3, 0.4) is 0 Å². The number of nitrogens with zero attached hydrogens (tertiary/aromatic N) is 1. The standard InChI is InChI=1S/C21H23N3O5S/c1-15-19(12-22-20(25)13-28-2)23-21(29-15)17-10-6-7-11-18(17)24-30(26,27)14-16-8-4-3-5-9-16/h3-11,24H,12-14H2,1-2H3,(H,22,25). The van der Waals surface area contributed by atoms with Crippen molar-refractivity contribution in [2.45, 2.75) is 19.2 Å². The normalized spacial score (nSPS) is 11.3. The van der Waals surface area contributed by atoms with Crippen LogP contribution in [0.1, 0.15) is 17.0 Å². The first kappa shape index (κ1) is 21.5. The molecule has 1 heterocycles. The van der Waals surface area contributed by atoms with Crippen LogP contribution in [-0.2, 0) is 31.9 Å². The number of aryl methyl sites for hydroxylation is 1. The van der Waals surface area contributed by atoms with Gasteiger partial charge in [-0.2, -0.15) is 0 Å². The Hall–Kier alpha value is -3.17. The Kier molecular flexibility index (Phi) is 6.86. The van der Waals surface area contributed by atoms with Crippen molar-refractivity contribution in [2.75, 3.05) is 18.4 Å². The second-order valence-electron chi connectivity index (χ2n) is 6.62. The Bertz CT molecular complexity index is 1110. The zero-order chi connectivity index (χ0) is 21.6. The van der Waals surface area contributed by atoms with Crippen LogP contribution in [0.4, 0.5) is 5.69 Å². The highest BCUT2D eigenvalue weighted by molar-refractivity contribution is 7.91. The molecule has 0 saturated carbocycles. The number of ether oxygens (including phenoxy) is 1. The monoisotopic (exact) mass is 429 g/mol. The largest absolute Gasteiger partial charge is 0.441 e. The van der Waals surface area contributed by atoms with E-state index in [2.05, 4.69) is 15.0 Å². The van der Waals surface area contributed by atoms with Crippen LogP contribution in [-0.4, -0.2) is 33.0 Å². The van der Waals surface area contributed by atoms with Gasteiger partial charge in [-0.25, -0.2) is 13.4 Å². The molecule has 9 heteroatoms. The van der Waals surface area contributed by atoms with Crippen molar-refractivity contribution in [1.82, 2.24) is 10.3 Å². The van der Waals surface area contributed by atoms with Crippen LogP contribution in [0.25, 0.3) is 11.5 Å². The van der Waals surface area contributed by atoms with Crippen molar-refractivity contribution in [3.8, 4) is 11.5 Å². The number of methoxy groups -OCH3 is 1. The highest BCUT2D eigenvalue weighted by atomic mass is 32.2. The maximum Gasteiger partial charge on any atom is 0.246 e. The van der Waals surface area contributed by atoms with E-state index in [1.165, 1.54) is 7.11 Å². The minimum absolute atomic E-state index is 0.0458. The van der Waals surface area contributed by atoms with Crippen molar-refractivity contribution in [3.63, 3.8) is 0 Å². The van der Waals surface area contributed by atoms with E-state index < -0.39 is 10.0 Å². The summed E-state index contributed by atoms with van der Waals surface area (Å²) in [6.07, 6.45) is 0. The summed E-state index contributed by atoms with van der Waals surface area (Å²) in [6, 6.07) is 15.8. The molecule has 1 amide bonds. The third-order valence-corrected chi connectivity index (χ3v) is 5.49. The Morgan fingerprint density at radius 3 is 2.53 bits per heavy atom. The van der Waals surface area contributed by atoms with Gasteiger partial charge in [-0.1, -0.05) is 42.5 Å². The summed E-state index contributed by atoms with van der Waals surface area (Å²) in [5, 5.41) is 2.69. The maximum absolute atomic E-state index is 12.6. The highest BCUT2D eigenvalue weighted by Crippen LogP contribution is 2.30. The van der Waals surface area contributed by atoms with Gasteiger partial charge in [-0.3, -0.25) is 9.52 Å². The predicted molar refractivity (Wildman–Crippen MR) is 113 cm³/mol. The SMILES string of the molecule is COCC(=O)NCc1nc(-c2ccccc2NS(=O)(=O)Cc2ccccc2)oc1C. The van der Waals surface area contributed by atoms with E-state index in [9.17, 15) is 13.2 Å². The molecular formula is C21H23N3O5S. The Morgan fingerprint density at radius 2 is 1.80 bits per heavy atom. The molecule has 0 radical (unpaired) electrons. The molecule has 0 unspecified atom stereocenters. The number of carbonyl (C=O) groups excluding carboxylic acids is 1. The van der Waals surface area contributed by atoms with Gasteiger partial charge in [0.05, 0.1) is 23.5 Å². The number of carbonyl (C=O) groups is 1. The van der Waals surface area contributed by atoms with Crippen molar-refractivity contribution < 1.29 is 22.4 Å². The summed E-state index contributed by atoms with van der Waals surface area (Å²) in [7, 11) is -2.20. The summed E-state index contributed by atoms with van der Waals surface area (Å²) in [5.74, 6) is 0.380. The lowest BCUT2D eigenvalue weighted by atomic mass is 10.2. The average molecular weight is 429 g/mol. The van der Waals surface area contributed by atoms with Crippen LogP contribution in [0.5, 0.6) is 0 Å². The maximum atomic E-state index is 12.6. The molecule has 0 aliphatic rings. The van der Waals surface area contributed by atoms with E-state index in [0.717, 1.165) is 0 Å². The third-order valence-electron chi connectivity index (χ3n) is 4.24. The second-order valence-corrected chi connectivity index (χ2v) is 8.35. The summed E-state index contributed by atoms with van der Waals surface area (Å²) < 4.78 is 38.4. The molecule has 3 aromatic rings. The van der Waals surface area contributed by atoms with Gasteiger partial charge in [0, 0.05) is 7.11 Å². The van der Waals surface area contributed by atoms with Gasteiger partial charge in [-0.05, 0) is 24.6 Å². The molecule has 1 aromatic heterocycles.